The fraction of sp³-hybridized carbons (Fsp3) is 0.222. The Hall–Kier alpha value is -3.84. The minimum Gasteiger partial charge on any atom is -0.484 e. The van der Waals surface area contributed by atoms with Crippen LogP contribution >= 0.6 is 11.6 Å². The Balaban J connectivity index is 1.27. The second kappa shape index (κ2) is 11.1. The van der Waals surface area contributed by atoms with E-state index in [-0.39, 0.29) is 30.7 Å². The molecule has 4 rings (SSSR count). The number of amides is 3. The number of halogens is 1. The molecule has 0 unspecified atom stereocenters. The van der Waals surface area contributed by atoms with E-state index in [0.29, 0.717) is 35.2 Å². The van der Waals surface area contributed by atoms with Crippen LogP contribution in [-0.2, 0) is 20.9 Å². The maximum absolute atomic E-state index is 12.6. The van der Waals surface area contributed by atoms with Crippen molar-refractivity contribution < 1.29 is 19.1 Å². The molecule has 8 heteroatoms. The summed E-state index contributed by atoms with van der Waals surface area (Å²) in [6.07, 6.45) is 0.169. The van der Waals surface area contributed by atoms with Crippen LogP contribution < -0.4 is 20.3 Å². The lowest BCUT2D eigenvalue weighted by Gasteiger charge is -2.17. The van der Waals surface area contributed by atoms with Gasteiger partial charge >= 0.3 is 0 Å². The van der Waals surface area contributed by atoms with Gasteiger partial charge in [0.05, 0.1) is 5.92 Å². The Labute approximate surface area is 209 Å². The Morgan fingerprint density at radius 1 is 1.06 bits per heavy atom. The summed E-state index contributed by atoms with van der Waals surface area (Å²) in [6.45, 7) is 2.47. The molecule has 1 heterocycles. The van der Waals surface area contributed by atoms with Gasteiger partial charge in [0.15, 0.2) is 6.61 Å². The van der Waals surface area contributed by atoms with Gasteiger partial charge in [0.25, 0.3) is 5.91 Å². The molecule has 0 spiro atoms. The van der Waals surface area contributed by atoms with E-state index in [9.17, 15) is 14.4 Å². The van der Waals surface area contributed by atoms with Crippen molar-refractivity contribution >= 4 is 40.7 Å². The first kappa shape index (κ1) is 24.3. The Kier molecular flexibility index (Phi) is 7.67. The van der Waals surface area contributed by atoms with E-state index in [1.54, 1.807) is 41.3 Å². The fourth-order valence-corrected chi connectivity index (χ4v) is 3.98. The number of anilines is 2. The number of benzene rings is 3. The van der Waals surface area contributed by atoms with Crippen molar-refractivity contribution in [2.45, 2.75) is 19.9 Å². The number of rotatable bonds is 8. The molecule has 3 aromatic carbocycles. The van der Waals surface area contributed by atoms with Gasteiger partial charge in [-0.15, -0.1) is 0 Å². The van der Waals surface area contributed by atoms with E-state index in [2.05, 4.69) is 10.6 Å². The quantitative estimate of drug-likeness (QED) is 0.491. The zero-order valence-electron chi connectivity index (χ0n) is 19.3. The standard InChI is InChI=1S/C27H26ClN3O4/c1-18-7-8-21(14-24(18)28)30-25(32)17-35-23-11-9-22(10-12-23)31-16-20(13-26(31)33)27(34)29-15-19-5-3-2-4-6-19/h2-12,14,20H,13,15-17H2,1H3,(H,29,34)(H,30,32)/t20-/m1/s1. The van der Waals surface area contributed by atoms with Crippen molar-refractivity contribution in [1.29, 1.82) is 0 Å². The number of nitrogens with zero attached hydrogens (tertiary/aromatic N) is 1. The first-order valence-electron chi connectivity index (χ1n) is 11.3. The highest BCUT2D eigenvalue weighted by Gasteiger charge is 2.35. The smallest absolute Gasteiger partial charge is 0.262 e. The summed E-state index contributed by atoms with van der Waals surface area (Å²) in [7, 11) is 0. The van der Waals surface area contributed by atoms with Crippen LogP contribution in [0.25, 0.3) is 0 Å². The molecule has 1 saturated heterocycles. The normalized spacial score (nSPS) is 15.1. The SMILES string of the molecule is Cc1ccc(NC(=O)COc2ccc(N3C[C@H](C(=O)NCc4ccccc4)CC3=O)cc2)cc1Cl. The van der Waals surface area contributed by atoms with Gasteiger partial charge in [-0.3, -0.25) is 14.4 Å². The molecule has 1 aliphatic heterocycles. The third kappa shape index (κ3) is 6.39. The van der Waals surface area contributed by atoms with Gasteiger partial charge < -0.3 is 20.3 Å². The number of hydrogen-bond acceptors (Lipinski definition) is 4. The van der Waals surface area contributed by atoms with Crippen molar-refractivity contribution in [2.24, 2.45) is 5.92 Å². The summed E-state index contributed by atoms with van der Waals surface area (Å²) < 4.78 is 5.56. The molecule has 7 nitrogen and oxygen atoms in total. The molecule has 0 bridgehead atoms. The van der Waals surface area contributed by atoms with Crippen LogP contribution in [0.2, 0.25) is 5.02 Å². The van der Waals surface area contributed by atoms with Crippen molar-refractivity contribution in [3.8, 4) is 5.75 Å². The minimum atomic E-state index is -0.402. The summed E-state index contributed by atoms with van der Waals surface area (Å²) in [5, 5.41) is 6.22. The fourth-order valence-electron chi connectivity index (χ4n) is 3.80. The third-order valence-corrected chi connectivity index (χ3v) is 6.19. The number of carbonyl (C=O) groups is 3. The maximum Gasteiger partial charge on any atom is 0.262 e. The summed E-state index contributed by atoms with van der Waals surface area (Å²) in [4.78, 5) is 38.9. The van der Waals surface area contributed by atoms with Crippen LogP contribution in [0.1, 0.15) is 17.5 Å². The van der Waals surface area contributed by atoms with E-state index in [1.165, 1.54) is 0 Å². The predicted octanol–water partition coefficient (Wildman–Crippen LogP) is 4.34. The lowest BCUT2D eigenvalue weighted by molar-refractivity contribution is -0.126. The number of carbonyl (C=O) groups excluding carboxylic acids is 3. The van der Waals surface area contributed by atoms with E-state index in [0.717, 1.165) is 11.1 Å². The summed E-state index contributed by atoms with van der Waals surface area (Å²) in [6, 6.07) is 21.8. The summed E-state index contributed by atoms with van der Waals surface area (Å²) >= 11 is 6.08. The van der Waals surface area contributed by atoms with Crippen LogP contribution in [0.5, 0.6) is 5.75 Å². The number of hydrogen-bond donors (Lipinski definition) is 2. The number of nitrogens with one attached hydrogen (secondary N) is 2. The molecule has 180 valence electrons. The van der Waals surface area contributed by atoms with Crippen LogP contribution in [0.4, 0.5) is 11.4 Å². The average molecular weight is 492 g/mol. The molecule has 0 saturated carbocycles. The highest BCUT2D eigenvalue weighted by molar-refractivity contribution is 6.31. The van der Waals surface area contributed by atoms with Crippen molar-refractivity contribution in [3.05, 3.63) is 88.9 Å². The average Bonchev–Trinajstić information content (AvgIpc) is 3.26. The molecule has 0 radical (unpaired) electrons. The zero-order chi connectivity index (χ0) is 24.8. The lowest BCUT2D eigenvalue weighted by Crippen LogP contribution is -2.32. The van der Waals surface area contributed by atoms with Crippen LogP contribution in [-0.4, -0.2) is 30.9 Å². The van der Waals surface area contributed by atoms with E-state index in [4.69, 9.17) is 16.3 Å². The monoisotopic (exact) mass is 491 g/mol. The van der Waals surface area contributed by atoms with Gasteiger partial charge in [0.2, 0.25) is 11.8 Å². The van der Waals surface area contributed by atoms with Gasteiger partial charge in [-0.2, -0.15) is 0 Å². The molecule has 1 aliphatic rings. The number of aryl methyl sites for hydroxylation is 1. The topological polar surface area (TPSA) is 87.7 Å². The zero-order valence-corrected chi connectivity index (χ0v) is 20.0. The van der Waals surface area contributed by atoms with E-state index >= 15 is 0 Å². The Morgan fingerprint density at radius 3 is 2.51 bits per heavy atom. The van der Waals surface area contributed by atoms with Gasteiger partial charge in [0.1, 0.15) is 5.75 Å². The van der Waals surface area contributed by atoms with E-state index in [1.807, 2.05) is 43.3 Å². The summed E-state index contributed by atoms with van der Waals surface area (Å²) in [5.74, 6) is -0.455. The lowest BCUT2D eigenvalue weighted by atomic mass is 10.1. The second-order valence-electron chi connectivity index (χ2n) is 8.40. The minimum absolute atomic E-state index is 0.102. The van der Waals surface area contributed by atoms with Crippen LogP contribution in [0, 0.1) is 12.8 Å². The highest BCUT2D eigenvalue weighted by Crippen LogP contribution is 2.27. The highest BCUT2D eigenvalue weighted by atomic mass is 35.5. The molecule has 1 atom stereocenters. The first-order valence-corrected chi connectivity index (χ1v) is 11.7. The molecule has 1 fully saturated rings. The Morgan fingerprint density at radius 2 is 1.80 bits per heavy atom. The molecule has 35 heavy (non-hydrogen) atoms. The molecule has 3 amide bonds. The van der Waals surface area contributed by atoms with Crippen molar-refractivity contribution in [2.75, 3.05) is 23.4 Å². The van der Waals surface area contributed by atoms with Crippen molar-refractivity contribution in [1.82, 2.24) is 5.32 Å². The largest absolute Gasteiger partial charge is 0.484 e. The summed E-state index contributed by atoms with van der Waals surface area (Å²) in [5.41, 5.74) is 3.21. The molecular weight excluding hydrogens is 466 g/mol. The molecule has 3 aromatic rings. The molecule has 0 aromatic heterocycles. The van der Waals surface area contributed by atoms with Gasteiger partial charge in [-0.25, -0.2) is 0 Å². The maximum atomic E-state index is 12.6. The van der Waals surface area contributed by atoms with Crippen LogP contribution in [0.15, 0.2) is 72.8 Å². The van der Waals surface area contributed by atoms with Crippen LogP contribution in [0.3, 0.4) is 0 Å². The Bertz CT molecular complexity index is 1210. The third-order valence-electron chi connectivity index (χ3n) is 5.78. The van der Waals surface area contributed by atoms with Gasteiger partial charge in [-0.05, 0) is 54.4 Å². The first-order chi connectivity index (χ1) is 16.9. The van der Waals surface area contributed by atoms with Gasteiger partial charge in [0, 0.05) is 35.9 Å². The predicted molar refractivity (Wildman–Crippen MR) is 136 cm³/mol. The van der Waals surface area contributed by atoms with Crippen molar-refractivity contribution in [3.63, 3.8) is 0 Å². The molecule has 2 N–H and O–H groups in total. The molecule has 0 aliphatic carbocycles. The van der Waals surface area contributed by atoms with E-state index < -0.39 is 5.92 Å². The molecular formula is C27H26ClN3O4. The number of ether oxygens (including phenoxy) is 1. The van der Waals surface area contributed by atoms with Gasteiger partial charge in [-0.1, -0.05) is 48.0 Å². The second-order valence-corrected chi connectivity index (χ2v) is 8.81.